The van der Waals surface area contributed by atoms with Gasteiger partial charge in [-0.3, -0.25) is 4.21 Å². The molecule has 1 aromatic heterocycles. The van der Waals surface area contributed by atoms with Crippen molar-refractivity contribution in [2.24, 2.45) is 5.92 Å². The van der Waals surface area contributed by atoms with Crippen molar-refractivity contribution < 1.29 is 8.95 Å². The highest BCUT2D eigenvalue weighted by atomic mass is 32.2. The summed E-state index contributed by atoms with van der Waals surface area (Å²) in [4.78, 5) is 12.3. The molecule has 1 atom stereocenters. The minimum absolute atomic E-state index is 0.667. The fourth-order valence-electron chi connectivity index (χ4n) is 3.23. The number of anilines is 2. The first-order valence-corrected chi connectivity index (χ1v) is 10.3. The SMILES string of the molecule is CCCNc1nc(N(C)CCC2CCOCC2)nc2c1[S@](=O)CC2. The number of fused-ring (bicyclic) bond motifs is 1. The summed E-state index contributed by atoms with van der Waals surface area (Å²) in [5, 5.41) is 3.34. The zero-order valence-electron chi connectivity index (χ0n) is 14.7. The van der Waals surface area contributed by atoms with Crippen molar-refractivity contribution in [2.75, 3.05) is 49.3 Å². The Labute approximate surface area is 146 Å². The summed E-state index contributed by atoms with van der Waals surface area (Å²) in [5.74, 6) is 2.92. The van der Waals surface area contributed by atoms with E-state index in [2.05, 4.69) is 29.2 Å². The molecule has 0 saturated carbocycles. The number of rotatable bonds is 7. The maximum Gasteiger partial charge on any atom is 0.227 e. The van der Waals surface area contributed by atoms with E-state index in [4.69, 9.17) is 9.72 Å². The normalized spacial score (nSPS) is 20.8. The van der Waals surface area contributed by atoms with Crippen molar-refractivity contribution in [1.82, 2.24) is 9.97 Å². The highest BCUT2D eigenvalue weighted by molar-refractivity contribution is 7.85. The topological polar surface area (TPSA) is 67.3 Å². The van der Waals surface area contributed by atoms with Crippen LogP contribution in [0.5, 0.6) is 0 Å². The third-order valence-corrected chi connectivity index (χ3v) is 6.23. The lowest BCUT2D eigenvalue weighted by atomic mass is 9.96. The van der Waals surface area contributed by atoms with Gasteiger partial charge in [0.15, 0.2) is 0 Å². The van der Waals surface area contributed by atoms with Gasteiger partial charge in [-0.05, 0) is 31.6 Å². The Balaban J connectivity index is 1.71. The molecular weight excluding hydrogens is 324 g/mol. The van der Waals surface area contributed by atoms with E-state index in [0.29, 0.717) is 5.75 Å². The largest absolute Gasteiger partial charge is 0.381 e. The summed E-state index contributed by atoms with van der Waals surface area (Å²) >= 11 is 0. The van der Waals surface area contributed by atoms with Crippen molar-refractivity contribution in [2.45, 2.75) is 43.9 Å². The molecule has 2 aliphatic rings. The van der Waals surface area contributed by atoms with Gasteiger partial charge in [0.25, 0.3) is 0 Å². The molecule has 0 spiro atoms. The Morgan fingerprint density at radius 3 is 2.88 bits per heavy atom. The van der Waals surface area contributed by atoms with E-state index in [9.17, 15) is 4.21 Å². The van der Waals surface area contributed by atoms with Crippen LogP contribution >= 0.6 is 0 Å². The summed E-state index contributed by atoms with van der Waals surface area (Å²) in [5.41, 5.74) is 0.954. The Bertz CT molecular complexity index is 590. The first kappa shape index (κ1) is 17.6. The zero-order valence-corrected chi connectivity index (χ0v) is 15.5. The highest BCUT2D eigenvalue weighted by Gasteiger charge is 2.26. The average molecular weight is 353 g/mol. The third-order valence-electron chi connectivity index (χ3n) is 4.77. The van der Waals surface area contributed by atoms with Crippen LogP contribution in [0.1, 0.15) is 38.3 Å². The van der Waals surface area contributed by atoms with E-state index in [-0.39, 0.29) is 0 Å². The molecule has 134 valence electrons. The summed E-state index contributed by atoms with van der Waals surface area (Å²) in [7, 11) is 1.09. The average Bonchev–Trinajstić information content (AvgIpc) is 2.99. The molecular formula is C17H28N4O2S. The molecule has 2 aliphatic heterocycles. The van der Waals surface area contributed by atoms with Crippen LogP contribution in [0, 0.1) is 5.92 Å². The molecule has 7 heteroatoms. The number of hydrogen-bond acceptors (Lipinski definition) is 6. The lowest BCUT2D eigenvalue weighted by Crippen LogP contribution is -2.26. The molecule has 3 rings (SSSR count). The van der Waals surface area contributed by atoms with Gasteiger partial charge < -0.3 is 15.0 Å². The molecule has 3 heterocycles. The van der Waals surface area contributed by atoms with Crippen molar-refractivity contribution in [3.8, 4) is 0 Å². The van der Waals surface area contributed by atoms with Gasteiger partial charge >= 0.3 is 0 Å². The fraction of sp³-hybridized carbons (Fsp3) is 0.765. The van der Waals surface area contributed by atoms with Crippen LogP contribution in [0.2, 0.25) is 0 Å². The van der Waals surface area contributed by atoms with Crippen molar-refractivity contribution in [3.05, 3.63) is 5.69 Å². The molecule has 1 saturated heterocycles. The molecule has 1 N–H and O–H groups in total. The van der Waals surface area contributed by atoms with Gasteiger partial charge in [0.2, 0.25) is 5.95 Å². The standard InChI is InChI=1S/C17H28N4O2S/c1-3-8-18-16-15-14(7-12-24(15)22)19-17(20-16)21(2)9-4-13-5-10-23-11-6-13/h13H,3-12H2,1-2H3,(H,18,19,20)/t24-/m1/s1. The van der Waals surface area contributed by atoms with E-state index in [1.54, 1.807) is 0 Å². The summed E-state index contributed by atoms with van der Waals surface area (Å²) in [6.07, 6.45) is 5.25. The quantitative estimate of drug-likeness (QED) is 0.811. The van der Waals surface area contributed by atoms with Gasteiger partial charge in [0.1, 0.15) is 10.7 Å². The second kappa shape index (κ2) is 8.25. The van der Waals surface area contributed by atoms with Crippen molar-refractivity contribution >= 4 is 22.6 Å². The molecule has 0 aromatic carbocycles. The minimum atomic E-state index is -0.962. The van der Waals surface area contributed by atoms with Gasteiger partial charge in [0, 0.05) is 45.5 Å². The monoisotopic (exact) mass is 352 g/mol. The van der Waals surface area contributed by atoms with E-state index >= 15 is 0 Å². The van der Waals surface area contributed by atoms with Gasteiger partial charge in [-0.2, -0.15) is 4.98 Å². The van der Waals surface area contributed by atoms with Crippen LogP contribution in [0.4, 0.5) is 11.8 Å². The van der Waals surface area contributed by atoms with Gasteiger partial charge in [-0.25, -0.2) is 4.98 Å². The van der Waals surface area contributed by atoms with Crippen LogP contribution in [-0.2, 0) is 22.0 Å². The first-order chi connectivity index (χ1) is 11.7. The van der Waals surface area contributed by atoms with Gasteiger partial charge in [-0.15, -0.1) is 0 Å². The number of nitrogens with one attached hydrogen (secondary N) is 1. The Kier molecular flexibility index (Phi) is 6.05. The van der Waals surface area contributed by atoms with E-state index in [1.807, 2.05) is 0 Å². The predicted molar refractivity (Wildman–Crippen MR) is 97.2 cm³/mol. The number of ether oxygens (including phenoxy) is 1. The summed E-state index contributed by atoms with van der Waals surface area (Å²) < 4.78 is 17.7. The molecule has 6 nitrogen and oxygen atoms in total. The van der Waals surface area contributed by atoms with E-state index in [0.717, 1.165) is 86.7 Å². The lowest BCUT2D eigenvalue weighted by Gasteiger charge is -2.25. The number of hydrogen-bond donors (Lipinski definition) is 1. The lowest BCUT2D eigenvalue weighted by molar-refractivity contribution is 0.0645. The second-order valence-corrected chi connectivity index (χ2v) is 8.15. The summed E-state index contributed by atoms with van der Waals surface area (Å²) in [6, 6.07) is 0. The van der Waals surface area contributed by atoms with Crippen LogP contribution < -0.4 is 10.2 Å². The predicted octanol–water partition coefficient (Wildman–Crippen LogP) is 2.22. The molecule has 0 bridgehead atoms. The smallest absolute Gasteiger partial charge is 0.227 e. The van der Waals surface area contributed by atoms with Crippen molar-refractivity contribution in [3.63, 3.8) is 0 Å². The summed E-state index contributed by atoms with van der Waals surface area (Å²) in [6.45, 7) is 5.68. The maximum absolute atomic E-state index is 12.2. The number of nitrogens with zero attached hydrogens (tertiary/aromatic N) is 3. The van der Waals surface area contributed by atoms with Gasteiger partial charge in [0.05, 0.1) is 16.5 Å². The van der Waals surface area contributed by atoms with Crippen LogP contribution in [-0.4, -0.2) is 53.3 Å². The molecule has 0 radical (unpaired) electrons. The molecule has 0 unspecified atom stereocenters. The highest BCUT2D eigenvalue weighted by Crippen LogP contribution is 2.30. The fourth-order valence-corrected chi connectivity index (χ4v) is 4.56. The van der Waals surface area contributed by atoms with Gasteiger partial charge in [-0.1, -0.05) is 6.92 Å². The second-order valence-electron chi connectivity index (χ2n) is 6.64. The number of aryl methyl sites for hydroxylation is 1. The van der Waals surface area contributed by atoms with Crippen LogP contribution in [0.25, 0.3) is 0 Å². The molecule has 0 amide bonds. The number of aromatic nitrogens is 2. The third kappa shape index (κ3) is 4.06. The Morgan fingerprint density at radius 1 is 1.33 bits per heavy atom. The molecule has 1 aromatic rings. The molecule has 24 heavy (non-hydrogen) atoms. The Morgan fingerprint density at radius 2 is 2.12 bits per heavy atom. The van der Waals surface area contributed by atoms with Crippen LogP contribution in [0.3, 0.4) is 0 Å². The molecule has 1 fully saturated rings. The van der Waals surface area contributed by atoms with E-state index < -0.39 is 10.8 Å². The minimum Gasteiger partial charge on any atom is -0.381 e. The zero-order chi connectivity index (χ0) is 16.9. The van der Waals surface area contributed by atoms with Crippen LogP contribution in [0.15, 0.2) is 4.90 Å². The molecule has 0 aliphatic carbocycles. The van der Waals surface area contributed by atoms with Crippen molar-refractivity contribution in [1.29, 1.82) is 0 Å². The van der Waals surface area contributed by atoms with E-state index in [1.165, 1.54) is 0 Å². The Hall–Kier alpha value is -1.21. The maximum atomic E-state index is 12.2. The first-order valence-electron chi connectivity index (χ1n) is 9.01.